The van der Waals surface area contributed by atoms with Crippen molar-refractivity contribution >= 4 is 11.6 Å². The maximum absolute atomic E-state index is 11.1. The first-order valence-electron chi connectivity index (χ1n) is 5.97. The lowest BCUT2D eigenvalue weighted by Crippen LogP contribution is -2.17. The molecule has 5 heteroatoms. The highest BCUT2D eigenvalue weighted by molar-refractivity contribution is 5.90. The normalized spacial score (nSPS) is 12.0. The maximum Gasteiger partial charge on any atom is 0.221 e. The van der Waals surface area contributed by atoms with Gasteiger partial charge in [-0.3, -0.25) is 4.79 Å². The number of carbonyl (C=O) groups is 1. The quantitative estimate of drug-likeness (QED) is 0.707. The molecule has 0 saturated heterocycles. The smallest absolute Gasteiger partial charge is 0.221 e. The van der Waals surface area contributed by atoms with Gasteiger partial charge in [0.15, 0.2) is 0 Å². The summed E-state index contributed by atoms with van der Waals surface area (Å²) in [7, 11) is 0. The third-order valence-corrected chi connectivity index (χ3v) is 2.59. The average Bonchev–Trinajstić information content (AvgIpc) is 2.33. The zero-order valence-electron chi connectivity index (χ0n) is 10.8. The van der Waals surface area contributed by atoms with Gasteiger partial charge in [0.2, 0.25) is 5.91 Å². The minimum Gasteiger partial charge on any atom is -0.492 e. The van der Waals surface area contributed by atoms with E-state index in [1.807, 2.05) is 13.0 Å². The number of ether oxygens (including phenoxy) is 1. The number of rotatable bonds is 6. The summed E-state index contributed by atoms with van der Waals surface area (Å²) in [4.78, 5) is 11.1. The number of aliphatic hydroxyl groups is 1. The lowest BCUT2D eigenvalue weighted by atomic mass is 9.99. The third-order valence-electron chi connectivity index (χ3n) is 2.59. The van der Waals surface area contributed by atoms with Gasteiger partial charge in [-0.15, -0.1) is 0 Å². The molecule has 100 valence electrons. The first kappa shape index (κ1) is 14.5. The SMILES string of the molecule is CCOc1ccc(C(CN)CO)cc1NC(C)=O. The Morgan fingerprint density at radius 3 is 2.78 bits per heavy atom. The van der Waals surface area contributed by atoms with Crippen molar-refractivity contribution < 1.29 is 14.6 Å². The molecule has 1 aromatic rings. The standard InChI is InChI=1S/C13H20N2O3/c1-3-18-13-5-4-10(11(7-14)8-16)6-12(13)15-9(2)17/h4-6,11,16H,3,7-8,14H2,1-2H3,(H,15,17). The van der Waals surface area contributed by atoms with Crippen LogP contribution in [-0.2, 0) is 4.79 Å². The van der Waals surface area contributed by atoms with Gasteiger partial charge in [-0.25, -0.2) is 0 Å². The molecule has 1 unspecified atom stereocenters. The highest BCUT2D eigenvalue weighted by Gasteiger charge is 2.12. The van der Waals surface area contributed by atoms with Crippen molar-refractivity contribution in [3.05, 3.63) is 23.8 Å². The van der Waals surface area contributed by atoms with E-state index in [9.17, 15) is 9.90 Å². The van der Waals surface area contributed by atoms with E-state index in [1.165, 1.54) is 6.92 Å². The minimum atomic E-state index is -0.165. The molecule has 0 fully saturated rings. The van der Waals surface area contributed by atoms with Crippen molar-refractivity contribution in [3.8, 4) is 5.75 Å². The van der Waals surface area contributed by atoms with Crippen LogP contribution in [0.25, 0.3) is 0 Å². The molecule has 0 bridgehead atoms. The molecular weight excluding hydrogens is 232 g/mol. The fraction of sp³-hybridized carbons (Fsp3) is 0.462. The topological polar surface area (TPSA) is 84.6 Å². The molecule has 1 amide bonds. The number of carbonyl (C=O) groups excluding carboxylic acids is 1. The van der Waals surface area contributed by atoms with Crippen molar-refractivity contribution in [1.29, 1.82) is 0 Å². The molecule has 0 aliphatic heterocycles. The van der Waals surface area contributed by atoms with Crippen molar-refractivity contribution in [1.82, 2.24) is 0 Å². The number of nitrogens with two attached hydrogens (primary N) is 1. The first-order valence-corrected chi connectivity index (χ1v) is 5.97. The van der Waals surface area contributed by atoms with Crippen LogP contribution < -0.4 is 15.8 Å². The molecule has 1 rings (SSSR count). The third kappa shape index (κ3) is 3.72. The summed E-state index contributed by atoms with van der Waals surface area (Å²) >= 11 is 0. The number of aliphatic hydroxyl groups excluding tert-OH is 1. The van der Waals surface area contributed by atoms with Gasteiger partial charge in [-0.05, 0) is 24.6 Å². The van der Waals surface area contributed by atoms with Gasteiger partial charge in [0.25, 0.3) is 0 Å². The van der Waals surface area contributed by atoms with E-state index in [2.05, 4.69) is 5.32 Å². The van der Waals surface area contributed by atoms with Crippen LogP contribution >= 0.6 is 0 Å². The van der Waals surface area contributed by atoms with Gasteiger partial charge in [-0.1, -0.05) is 6.07 Å². The summed E-state index contributed by atoms with van der Waals surface area (Å²) in [5.41, 5.74) is 7.07. The Hall–Kier alpha value is -1.59. The molecule has 0 saturated carbocycles. The summed E-state index contributed by atoms with van der Waals surface area (Å²) in [6, 6.07) is 5.42. The summed E-state index contributed by atoms with van der Waals surface area (Å²) in [5, 5.41) is 11.9. The number of hydrogen-bond donors (Lipinski definition) is 3. The molecule has 5 nitrogen and oxygen atoms in total. The molecule has 0 aliphatic carbocycles. The van der Waals surface area contributed by atoms with E-state index in [-0.39, 0.29) is 18.4 Å². The number of nitrogens with one attached hydrogen (secondary N) is 1. The molecule has 0 aromatic heterocycles. The van der Waals surface area contributed by atoms with Gasteiger partial charge in [0, 0.05) is 19.4 Å². The Kier molecular flexibility index (Phi) is 5.61. The fourth-order valence-electron chi connectivity index (χ4n) is 1.69. The minimum absolute atomic E-state index is 0.0238. The number of anilines is 1. The number of amides is 1. The molecular formula is C13H20N2O3. The molecule has 0 heterocycles. The molecule has 1 atom stereocenters. The van der Waals surface area contributed by atoms with E-state index >= 15 is 0 Å². The summed E-state index contributed by atoms with van der Waals surface area (Å²) in [5.74, 6) is 0.319. The van der Waals surface area contributed by atoms with Gasteiger partial charge < -0.3 is 20.9 Å². The molecule has 0 aliphatic rings. The molecule has 0 radical (unpaired) electrons. The number of hydrogen-bond acceptors (Lipinski definition) is 4. The zero-order chi connectivity index (χ0) is 13.5. The largest absolute Gasteiger partial charge is 0.492 e. The monoisotopic (exact) mass is 252 g/mol. The highest BCUT2D eigenvalue weighted by atomic mass is 16.5. The number of benzene rings is 1. The van der Waals surface area contributed by atoms with E-state index in [1.54, 1.807) is 12.1 Å². The summed E-state index contributed by atoms with van der Waals surface area (Å²) in [6.45, 7) is 4.16. The zero-order valence-corrected chi connectivity index (χ0v) is 10.8. The second-order valence-electron chi connectivity index (χ2n) is 3.98. The predicted octanol–water partition coefficient (Wildman–Crippen LogP) is 1.08. The van der Waals surface area contributed by atoms with E-state index < -0.39 is 0 Å². The van der Waals surface area contributed by atoms with Crippen molar-refractivity contribution in [2.75, 3.05) is 25.1 Å². The van der Waals surface area contributed by atoms with Gasteiger partial charge in [0.1, 0.15) is 5.75 Å². The van der Waals surface area contributed by atoms with E-state index in [4.69, 9.17) is 10.5 Å². The van der Waals surface area contributed by atoms with Crippen LogP contribution in [0.1, 0.15) is 25.3 Å². The molecule has 4 N–H and O–H groups in total. The van der Waals surface area contributed by atoms with Gasteiger partial charge in [-0.2, -0.15) is 0 Å². The van der Waals surface area contributed by atoms with Crippen LogP contribution in [0.5, 0.6) is 5.75 Å². The van der Waals surface area contributed by atoms with Crippen LogP contribution in [0.15, 0.2) is 18.2 Å². The Bertz CT molecular complexity index is 403. The lowest BCUT2D eigenvalue weighted by Gasteiger charge is -2.16. The van der Waals surface area contributed by atoms with Crippen LogP contribution in [0, 0.1) is 0 Å². The summed E-state index contributed by atoms with van der Waals surface area (Å²) < 4.78 is 5.43. The van der Waals surface area contributed by atoms with Crippen molar-refractivity contribution in [3.63, 3.8) is 0 Å². The average molecular weight is 252 g/mol. The van der Waals surface area contributed by atoms with Crippen LogP contribution in [0.2, 0.25) is 0 Å². The Morgan fingerprint density at radius 2 is 2.28 bits per heavy atom. The van der Waals surface area contributed by atoms with Crippen LogP contribution in [0.3, 0.4) is 0 Å². The second-order valence-corrected chi connectivity index (χ2v) is 3.98. The fourth-order valence-corrected chi connectivity index (χ4v) is 1.69. The lowest BCUT2D eigenvalue weighted by molar-refractivity contribution is -0.114. The van der Waals surface area contributed by atoms with E-state index in [0.29, 0.717) is 24.6 Å². The predicted molar refractivity (Wildman–Crippen MR) is 70.8 cm³/mol. The summed E-state index contributed by atoms with van der Waals surface area (Å²) in [6.07, 6.45) is 0. The molecule has 18 heavy (non-hydrogen) atoms. The van der Waals surface area contributed by atoms with Gasteiger partial charge in [0.05, 0.1) is 18.9 Å². The molecule has 0 spiro atoms. The Morgan fingerprint density at radius 1 is 1.56 bits per heavy atom. The van der Waals surface area contributed by atoms with Crippen LogP contribution in [-0.4, -0.2) is 30.8 Å². The Labute approximate surface area is 107 Å². The highest BCUT2D eigenvalue weighted by Crippen LogP contribution is 2.28. The Balaban J connectivity index is 3.07. The second kappa shape index (κ2) is 6.98. The first-order chi connectivity index (χ1) is 8.62. The van der Waals surface area contributed by atoms with Gasteiger partial charge >= 0.3 is 0 Å². The van der Waals surface area contributed by atoms with Crippen molar-refractivity contribution in [2.24, 2.45) is 5.73 Å². The van der Waals surface area contributed by atoms with Crippen LogP contribution in [0.4, 0.5) is 5.69 Å². The molecule has 1 aromatic carbocycles. The maximum atomic E-state index is 11.1. The van der Waals surface area contributed by atoms with E-state index in [0.717, 1.165) is 5.56 Å². The van der Waals surface area contributed by atoms with Crippen molar-refractivity contribution in [2.45, 2.75) is 19.8 Å².